The van der Waals surface area contributed by atoms with Crippen LogP contribution in [0, 0.1) is 6.92 Å². The molecule has 1 N–H and O–H groups in total. The second kappa shape index (κ2) is 6.95. The van der Waals surface area contributed by atoms with Crippen LogP contribution >= 0.6 is 39.1 Å². The van der Waals surface area contributed by atoms with Crippen molar-refractivity contribution >= 4 is 39.1 Å². The first-order chi connectivity index (χ1) is 9.54. The molecule has 0 bridgehead atoms. The third-order valence-corrected chi connectivity index (χ3v) is 5.34. The molecule has 106 valence electrons. The quantitative estimate of drug-likeness (QED) is 0.739. The molecule has 0 heterocycles. The number of nitrogens with one attached hydrogen (secondary N) is 1. The Bertz CT molecular complexity index is 613. The molecule has 0 spiro atoms. The number of hydrogen-bond donors (Lipinski definition) is 1. The number of aryl methyl sites for hydroxylation is 1. The van der Waals surface area contributed by atoms with Gasteiger partial charge in [-0.3, -0.25) is 0 Å². The van der Waals surface area contributed by atoms with Crippen molar-refractivity contribution in [2.24, 2.45) is 0 Å². The zero-order valence-corrected chi connectivity index (χ0v) is 14.5. The summed E-state index contributed by atoms with van der Waals surface area (Å²) in [7, 11) is 1.96. The van der Waals surface area contributed by atoms with Crippen LogP contribution in [-0.2, 0) is 6.42 Å². The number of likely N-dealkylation sites (N-methyl/N-ethyl adjacent to an activating group) is 1. The van der Waals surface area contributed by atoms with Gasteiger partial charge in [0.2, 0.25) is 0 Å². The van der Waals surface area contributed by atoms with Gasteiger partial charge in [-0.25, -0.2) is 0 Å². The molecule has 0 amide bonds. The van der Waals surface area contributed by atoms with Crippen molar-refractivity contribution in [3.63, 3.8) is 0 Å². The summed E-state index contributed by atoms with van der Waals surface area (Å²) < 4.78 is 1.14. The van der Waals surface area contributed by atoms with Crippen LogP contribution in [0.3, 0.4) is 0 Å². The maximum absolute atomic E-state index is 6.28. The van der Waals surface area contributed by atoms with Gasteiger partial charge in [0.05, 0.1) is 10.0 Å². The van der Waals surface area contributed by atoms with Crippen molar-refractivity contribution in [1.29, 1.82) is 0 Å². The first-order valence-corrected chi connectivity index (χ1v) is 7.94. The average molecular weight is 373 g/mol. The second-order valence-corrected chi connectivity index (χ2v) is 6.31. The summed E-state index contributed by atoms with van der Waals surface area (Å²) in [5, 5.41) is 4.59. The van der Waals surface area contributed by atoms with Crippen molar-refractivity contribution in [3.05, 3.63) is 67.6 Å². The average Bonchev–Trinajstić information content (AvgIpc) is 2.44. The van der Waals surface area contributed by atoms with E-state index in [1.54, 1.807) is 0 Å². The summed E-state index contributed by atoms with van der Waals surface area (Å²) in [5.41, 5.74) is 3.50. The van der Waals surface area contributed by atoms with E-state index in [0.717, 1.165) is 16.5 Å². The van der Waals surface area contributed by atoms with Crippen LogP contribution < -0.4 is 5.32 Å². The normalized spacial score (nSPS) is 12.4. The lowest BCUT2D eigenvalue weighted by molar-refractivity contribution is 0.589. The van der Waals surface area contributed by atoms with Crippen LogP contribution in [0.15, 0.2) is 40.9 Å². The fraction of sp³-hybridized carbons (Fsp3) is 0.250. The largest absolute Gasteiger partial charge is 0.313 e. The third kappa shape index (κ3) is 3.37. The van der Waals surface area contributed by atoms with Crippen LogP contribution in [-0.4, -0.2) is 7.05 Å². The van der Waals surface area contributed by atoms with Gasteiger partial charge in [-0.2, -0.15) is 0 Å². The van der Waals surface area contributed by atoms with Crippen LogP contribution in [0.25, 0.3) is 0 Å². The first-order valence-electron chi connectivity index (χ1n) is 6.39. The van der Waals surface area contributed by atoms with Crippen LogP contribution in [0.2, 0.25) is 10.0 Å². The molecule has 0 saturated carbocycles. The molecule has 0 aromatic heterocycles. The number of halogens is 3. The summed E-state index contributed by atoms with van der Waals surface area (Å²) in [6.45, 7) is 2.09. The highest BCUT2D eigenvalue weighted by molar-refractivity contribution is 9.10. The van der Waals surface area contributed by atoms with Crippen molar-refractivity contribution in [1.82, 2.24) is 5.32 Å². The maximum atomic E-state index is 6.28. The summed E-state index contributed by atoms with van der Waals surface area (Å²) in [5.74, 6) is 0. The molecular formula is C16H16BrCl2N. The van der Waals surface area contributed by atoms with Gasteiger partial charge in [-0.1, -0.05) is 69.5 Å². The SMILES string of the molecule is CNC(Cc1cccc(Cl)c1Cl)c1cccc(C)c1Br. The lowest BCUT2D eigenvalue weighted by atomic mass is 9.97. The van der Waals surface area contributed by atoms with E-state index >= 15 is 0 Å². The van der Waals surface area contributed by atoms with Gasteiger partial charge in [-0.05, 0) is 43.1 Å². The van der Waals surface area contributed by atoms with Crippen molar-refractivity contribution in [2.75, 3.05) is 7.05 Å². The second-order valence-electron chi connectivity index (χ2n) is 4.74. The van der Waals surface area contributed by atoms with E-state index in [9.17, 15) is 0 Å². The smallest absolute Gasteiger partial charge is 0.0624 e. The minimum Gasteiger partial charge on any atom is -0.313 e. The van der Waals surface area contributed by atoms with Gasteiger partial charge in [0, 0.05) is 10.5 Å². The molecule has 1 atom stereocenters. The number of benzene rings is 2. The van der Waals surface area contributed by atoms with E-state index < -0.39 is 0 Å². The van der Waals surface area contributed by atoms with Gasteiger partial charge < -0.3 is 5.32 Å². The molecule has 2 rings (SSSR count). The molecule has 1 unspecified atom stereocenters. The fourth-order valence-corrected chi connectivity index (χ4v) is 3.17. The minimum absolute atomic E-state index is 0.181. The molecule has 0 aliphatic heterocycles. The predicted octanol–water partition coefficient (Wildman–Crippen LogP) is 5.57. The topological polar surface area (TPSA) is 12.0 Å². The molecule has 0 fully saturated rings. The van der Waals surface area contributed by atoms with Crippen LogP contribution in [0.5, 0.6) is 0 Å². The zero-order valence-electron chi connectivity index (χ0n) is 11.4. The van der Waals surface area contributed by atoms with E-state index in [-0.39, 0.29) is 6.04 Å². The van der Waals surface area contributed by atoms with E-state index in [2.05, 4.69) is 46.4 Å². The molecule has 2 aromatic rings. The fourth-order valence-electron chi connectivity index (χ4n) is 2.23. The molecule has 4 heteroatoms. The standard InChI is InChI=1S/C16H16BrCl2N/c1-10-5-3-7-12(15(10)17)14(20-2)9-11-6-4-8-13(18)16(11)19/h3-8,14,20H,9H2,1-2H3. The Morgan fingerprint density at radius 1 is 1.15 bits per heavy atom. The molecule has 0 radical (unpaired) electrons. The van der Waals surface area contributed by atoms with E-state index in [1.807, 2.05) is 25.2 Å². The highest BCUT2D eigenvalue weighted by atomic mass is 79.9. The molecule has 0 aliphatic rings. The maximum Gasteiger partial charge on any atom is 0.0624 e. The predicted molar refractivity (Wildman–Crippen MR) is 90.8 cm³/mol. The summed E-state index contributed by atoms with van der Waals surface area (Å²) >= 11 is 16.0. The lowest BCUT2D eigenvalue weighted by Crippen LogP contribution is -2.19. The number of rotatable bonds is 4. The van der Waals surface area contributed by atoms with Crippen molar-refractivity contribution < 1.29 is 0 Å². The Kier molecular flexibility index (Phi) is 5.50. The van der Waals surface area contributed by atoms with Gasteiger partial charge >= 0.3 is 0 Å². The Morgan fingerprint density at radius 2 is 1.85 bits per heavy atom. The molecule has 2 aromatic carbocycles. The van der Waals surface area contributed by atoms with Gasteiger partial charge in [0.25, 0.3) is 0 Å². The molecule has 0 saturated heterocycles. The molecule has 1 nitrogen and oxygen atoms in total. The Balaban J connectivity index is 2.34. The zero-order chi connectivity index (χ0) is 14.7. The molecular weight excluding hydrogens is 357 g/mol. The van der Waals surface area contributed by atoms with E-state index in [0.29, 0.717) is 10.0 Å². The lowest BCUT2D eigenvalue weighted by Gasteiger charge is -2.20. The number of hydrogen-bond acceptors (Lipinski definition) is 1. The molecule has 20 heavy (non-hydrogen) atoms. The highest BCUT2D eigenvalue weighted by Gasteiger charge is 2.16. The Morgan fingerprint density at radius 3 is 2.55 bits per heavy atom. The summed E-state index contributed by atoms with van der Waals surface area (Å²) in [6, 6.07) is 12.2. The van der Waals surface area contributed by atoms with Gasteiger partial charge in [0.15, 0.2) is 0 Å². The summed E-state index contributed by atoms with van der Waals surface area (Å²) in [6.07, 6.45) is 0.790. The monoisotopic (exact) mass is 371 g/mol. The third-order valence-electron chi connectivity index (χ3n) is 3.40. The summed E-state index contributed by atoms with van der Waals surface area (Å²) in [4.78, 5) is 0. The van der Waals surface area contributed by atoms with Crippen LogP contribution in [0.1, 0.15) is 22.7 Å². The van der Waals surface area contributed by atoms with E-state index in [1.165, 1.54) is 11.1 Å². The molecule has 0 aliphatic carbocycles. The van der Waals surface area contributed by atoms with Gasteiger partial charge in [-0.15, -0.1) is 0 Å². The van der Waals surface area contributed by atoms with Gasteiger partial charge in [0.1, 0.15) is 0 Å². The van der Waals surface area contributed by atoms with Crippen LogP contribution in [0.4, 0.5) is 0 Å². The highest BCUT2D eigenvalue weighted by Crippen LogP contribution is 2.32. The Labute approximate surface area is 138 Å². The van der Waals surface area contributed by atoms with Crippen molar-refractivity contribution in [3.8, 4) is 0 Å². The minimum atomic E-state index is 0.181. The van der Waals surface area contributed by atoms with Crippen molar-refractivity contribution in [2.45, 2.75) is 19.4 Å². The first kappa shape index (κ1) is 15.8. The Hall–Kier alpha value is -0.540. The van der Waals surface area contributed by atoms with E-state index in [4.69, 9.17) is 23.2 Å².